The van der Waals surface area contributed by atoms with E-state index in [9.17, 15) is 9.90 Å². The Morgan fingerprint density at radius 3 is 2.76 bits per heavy atom. The van der Waals surface area contributed by atoms with Crippen molar-refractivity contribution in [1.82, 2.24) is 4.90 Å². The molecule has 1 aliphatic heterocycles. The topological polar surface area (TPSA) is 87.8 Å². The van der Waals surface area contributed by atoms with Crippen molar-refractivity contribution in [1.29, 1.82) is 0 Å². The summed E-state index contributed by atoms with van der Waals surface area (Å²) in [7, 11) is 1.54. The first kappa shape index (κ1) is 15.6. The summed E-state index contributed by atoms with van der Waals surface area (Å²) in [4.78, 5) is 14.4. The third-order valence-electron chi connectivity index (χ3n) is 3.91. The molecule has 1 saturated heterocycles. The van der Waals surface area contributed by atoms with Crippen molar-refractivity contribution in [2.75, 3.05) is 31.2 Å². The second kappa shape index (κ2) is 6.78. The molecule has 1 amide bonds. The van der Waals surface area contributed by atoms with Gasteiger partial charge in [0.15, 0.2) is 0 Å². The second-order valence-corrected chi connectivity index (χ2v) is 5.39. The summed E-state index contributed by atoms with van der Waals surface area (Å²) in [5.41, 5.74) is 6.90. The SMILES string of the molecule is COc1cc(N)ccc1NC(=O)C(C)N1CCC(O)CC1. The molecule has 1 aromatic rings. The number of hydrogen-bond acceptors (Lipinski definition) is 5. The summed E-state index contributed by atoms with van der Waals surface area (Å²) in [6.07, 6.45) is 1.18. The molecule has 4 N–H and O–H groups in total. The summed E-state index contributed by atoms with van der Waals surface area (Å²) in [5.74, 6) is 0.457. The van der Waals surface area contributed by atoms with E-state index in [0.717, 1.165) is 13.1 Å². The van der Waals surface area contributed by atoms with Gasteiger partial charge in [0, 0.05) is 24.8 Å². The highest BCUT2D eigenvalue weighted by molar-refractivity contribution is 5.96. The Hall–Kier alpha value is -1.79. The van der Waals surface area contributed by atoms with Crippen LogP contribution in [0.5, 0.6) is 5.75 Å². The molecule has 0 aliphatic carbocycles. The number of methoxy groups -OCH3 is 1. The maximum absolute atomic E-state index is 12.3. The number of hydrogen-bond donors (Lipinski definition) is 3. The molecule has 1 aromatic carbocycles. The molecule has 0 bridgehead atoms. The van der Waals surface area contributed by atoms with Gasteiger partial charge >= 0.3 is 0 Å². The van der Waals surface area contributed by atoms with E-state index < -0.39 is 0 Å². The highest BCUT2D eigenvalue weighted by Gasteiger charge is 2.26. The highest BCUT2D eigenvalue weighted by atomic mass is 16.5. The van der Waals surface area contributed by atoms with E-state index in [4.69, 9.17) is 10.5 Å². The number of nitrogens with two attached hydrogens (primary N) is 1. The van der Waals surface area contributed by atoms with Crippen LogP contribution in [-0.4, -0.2) is 48.3 Å². The van der Waals surface area contributed by atoms with Crippen LogP contribution in [0.3, 0.4) is 0 Å². The van der Waals surface area contributed by atoms with E-state index in [1.807, 2.05) is 6.92 Å². The van der Waals surface area contributed by atoms with Crippen LogP contribution in [0.1, 0.15) is 19.8 Å². The quantitative estimate of drug-likeness (QED) is 0.723. The van der Waals surface area contributed by atoms with Crippen molar-refractivity contribution in [3.05, 3.63) is 18.2 Å². The number of carbonyl (C=O) groups excluding carboxylic acids is 1. The highest BCUT2D eigenvalue weighted by Crippen LogP contribution is 2.27. The van der Waals surface area contributed by atoms with Crippen LogP contribution < -0.4 is 15.8 Å². The Bertz CT molecular complexity index is 499. The second-order valence-electron chi connectivity index (χ2n) is 5.39. The van der Waals surface area contributed by atoms with Gasteiger partial charge in [0.1, 0.15) is 5.75 Å². The van der Waals surface area contributed by atoms with Gasteiger partial charge in [0.05, 0.1) is 24.9 Å². The number of rotatable bonds is 4. The molecule has 0 radical (unpaired) electrons. The Morgan fingerprint density at radius 2 is 2.14 bits per heavy atom. The molecule has 21 heavy (non-hydrogen) atoms. The van der Waals surface area contributed by atoms with E-state index in [-0.39, 0.29) is 18.1 Å². The molecule has 6 heteroatoms. The lowest BCUT2D eigenvalue weighted by molar-refractivity contribution is -0.121. The average Bonchev–Trinajstić information content (AvgIpc) is 2.49. The molecule has 0 spiro atoms. The molecule has 0 saturated carbocycles. The molecule has 2 rings (SSSR count). The number of carbonyl (C=O) groups is 1. The maximum Gasteiger partial charge on any atom is 0.241 e. The number of piperidine rings is 1. The number of aliphatic hydroxyl groups excluding tert-OH is 1. The van der Waals surface area contributed by atoms with E-state index in [1.54, 1.807) is 25.3 Å². The molecular weight excluding hydrogens is 270 g/mol. The van der Waals surface area contributed by atoms with Gasteiger partial charge in [-0.05, 0) is 31.9 Å². The fourth-order valence-corrected chi connectivity index (χ4v) is 2.49. The van der Waals surface area contributed by atoms with Crippen molar-refractivity contribution in [3.63, 3.8) is 0 Å². The first-order chi connectivity index (χ1) is 10.0. The monoisotopic (exact) mass is 293 g/mol. The fourth-order valence-electron chi connectivity index (χ4n) is 2.49. The van der Waals surface area contributed by atoms with E-state index in [0.29, 0.717) is 30.0 Å². The predicted octanol–water partition coefficient (Wildman–Crippen LogP) is 1.06. The Morgan fingerprint density at radius 1 is 1.48 bits per heavy atom. The number of anilines is 2. The van der Waals surface area contributed by atoms with Gasteiger partial charge in [0.25, 0.3) is 0 Å². The molecule has 116 valence electrons. The number of ether oxygens (including phenoxy) is 1. The average molecular weight is 293 g/mol. The number of aliphatic hydroxyl groups is 1. The number of benzene rings is 1. The minimum absolute atomic E-state index is 0.0885. The van der Waals surface area contributed by atoms with Gasteiger partial charge in [-0.3, -0.25) is 9.69 Å². The zero-order valence-electron chi connectivity index (χ0n) is 12.5. The Kier molecular flexibility index (Phi) is 5.03. The van der Waals surface area contributed by atoms with Crippen molar-refractivity contribution >= 4 is 17.3 Å². The lowest BCUT2D eigenvalue weighted by atomic mass is 10.1. The van der Waals surface area contributed by atoms with Gasteiger partial charge < -0.3 is 20.9 Å². The summed E-state index contributed by atoms with van der Waals surface area (Å²) in [6, 6.07) is 4.89. The van der Waals surface area contributed by atoms with Crippen LogP contribution in [0.25, 0.3) is 0 Å². The molecule has 0 aromatic heterocycles. The van der Waals surface area contributed by atoms with Crippen molar-refractivity contribution in [2.45, 2.75) is 31.9 Å². The third-order valence-corrected chi connectivity index (χ3v) is 3.91. The summed E-state index contributed by atoms with van der Waals surface area (Å²) < 4.78 is 5.22. The van der Waals surface area contributed by atoms with Crippen LogP contribution in [0.4, 0.5) is 11.4 Å². The van der Waals surface area contributed by atoms with Crippen LogP contribution in [0.15, 0.2) is 18.2 Å². The minimum atomic E-state index is -0.250. The summed E-state index contributed by atoms with van der Waals surface area (Å²) >= 11 is 0. The molecule has 6 nitrogen and oxygen atoms in total. The molecule has 1 aliphatic rings. The van der Waals surface area contributed by atoms with Crippen molar-refractivity contribution < 1.29 is 14.6 Å². The molecular formula is C15H23N3O3. The van der Waals surface area contributed by atoms with Crippen LogP contribution >= 0.6 is 0 Å². The smallest absolute Gasteiger partial charge is 0.241 e. The van der Waals surface area contributed by atoms with E-state index in [1.165, 1.54) is 0 Å². The zero-order valence-corrected chi connectivity index (χ0v) is 12.5. The number of nitrogens with one attached hydrogen (secondary N) is 1. The summed E-state index contributed by atoms with van der Waals surface area (Å²) in [5, 5.41) is 12.4. The third kappa shape index (κ3) is 3.86. The van der Waals surface area contributed by atoms with Gasteiger partial charge in [0.2, 0.25) is 5.91 Å². The standard InChI is InChI=1S/C15H23N3O3/c1-10(18-7-5-12(19)6-8-18)15(20)17-13-4-3-11(16)9-14(13)21-2/h3-4,9-10,12,19H,5-8,16H2,1-2H3,(H,17,20). The number of nitrogens with zero attached hydrogens (tertiary/aromatic N) is 1. The van der Waals surface area contributed by atoms with Crippen LogP contribution in [-0.2, 0) is 4.79 Å². The Balaban J connectivity index is 2.00. The lowest BCUT2D eigenvalue weighted by Crippen LogP contribution is -2.47. The lowest BCUT2D eigenvalue weighted by Gasteiger charge is -2.33. The number of likely N-dealkylation sites (tertiary alicyclic amines) is 1. The first-order valence-corrected chi connectivity index (χ1v) is 7.17. The number of amides is 1. The normalized spacial score (nSPS) is 18.2. The summed E-state index contributed by atoms with van der Waals surface area (Å²) in [6.45, 7) is 3.33. The van der Waals surface area contributed by atoms with Gasteiger partial charge in [-0.2, -0.15) is 0 Å². The van der Waals surface area contributed by atoms with Crippen LogP contribution in [0, 0.1) is 0 Å². The Labute approximate surface area is 124 Å². The molecule has 1 atom stereocenters. The van der Waals surface area contributed by atoms with Gasteiger partial charge in [-0.25, -0.2) is 0 Å². The minimum Gasteiger partial charge on any atom is -0.494 e. The maximum atomic E-state index is 12.3. The van der Waals surface area contributed by atoms with Gasteiger partial charge in [-0.15, -0.1) is 0 Å². The molecule has 1 heterocycles. The van der Waals surface area contributed by atoms with Crippen molar-refractivity contribution in [3.8, 4) is 5.75 Å². The van der Waals surface area contributed by atoms with Gasteiger partial charge in [-0.1, -0.05) is 0 Å². The van der Waals surface area contributed by atoms with Crippen molar-refractivity contribution in [2.24, 2.45) is 0 Å². The van der Waals surface area contributed by atoms with E-state index in [2.05, 4.69) is 10.2 Å². The predicted molar refractivity (Wildman–Crippen MR) is 82.3 cm³/mol. The molecule has 1 unspecified atom stereocenters. The zero-order chi connectivity index (χ0) is 15.4. The fraction of sp³-hybridized carbons (Fsp3) is 0.533. The van der Waals surface area contributed by atoms with Crippen LogP contribution in [0.2, 0.25) is 0 Å². The molecule has 1 fully saturated rings. The first-order valence-electron chi connectivity index (χ1n) is 7.17. The van der Waals surface area contributed by atoms with E-state index >= 15 is 0 Å². The largest absolute Gasteiger partial charge is 0.494 e. The number of nitrogen functional groups attached to an aromatic ring is 1.